The number of hydrogen-bond donors (Lipinski definition) is 3. The molecule has 0 saturated carbocycles. The molecule has 0 aliphatic heterocycles. The van der Waals surface area contributed by atoms with Crippen LogP contribution in [0.1, 0.15) is 418 Å². The summed E-state index contributed by atoms with van der Waals surface area (Å²) >= 11 is 0. The molecule has 0 aromatic carbocycles. The van der Waals surface area contributed by atoms with Crippen LogP contribution in [0, 0.1) is 0 Å². The average molecular weight is 1090 g/mol. The zero-order chi connectivity index (χ0) is 55.7. The second-order valence-corrected chi connectivity index (χ2v) is 24.9. The summed E-state index contributed by atoms with van der Waals surface area (Å²) in [6, 6.07) is -0.537. The Morgan fingerprint density at radius 2 is 0.532 bits per heavy atom. The van der Waals surface area contributed by atoms with Crippen LogP contribution in [0.3, 0.4) is 0 Å². The molecule has 3 N–H and O–H groups in total. The third kappa shape index (κ3) is 63.9. The first-order chi connectivity index (χ1) is 38.0. The minimum absolute atomic E-state index is 0.0247. The molecule has 0 radical (unpaired) electrons. The van der Waals surface area contributed by atoms with Gasteiger partial charge in [-0.1, -0.05) is 380 Å². The van der Waals surface area contributed by atoms with Gasteiger partial charge in [0.1, 0.15) is 0 Å². The van der Waals surface area contributed by atoms with E-state index in [2.05, 4.69) is 19.2 Å². The fourth-order valence-corrected chi connectivity index (χ4v) is 11.7. The molecule has 2 unspecified atom stereocenters. The molecule has 0 aromatic heterocycles. The fraction of sp³-hybridized carbons (Fsp3) is 0.972. The molecule has 0 spiro atoms. The van der Waals surface area contributed by atoms with Crippen molar-refractivity contribution < 1.29 is 24.5 Å². The molecule has 0 aliphatic rings. The van der Waals surface area contributed by atoms with Crippen molar-refractivity contribution >= 4 is 11.9 Å². The van der Waals surface area contributed by atoms with Crippen LogP contribution >= 0.6 is 0 Å². The number of aliphatic hydroxyl groups is 2. The summed E-state index contributed by atoms with van der Waals surface area (Å²) in [4.78, 5) is 24.6. The van der Waals surface area contributed by atoms with Crippen molar-refractivity contribution in [1.29, 1.82) is 0 Å². The van der Waals surface area contributed by atoms with Crippen molar-refractivity contribution in [3.63, 3.8) is 0 Å². The summed E-state index contributed by atoms with van der Waals surface area (Å²) < 4.78 is 5.51. The van der Waals surface area contributed by atoms with Crippen LogP contribution in [-0.2, 0) is 14.3 Å². The summed E-state index contributed by atoms with van der Waals surface area (Å²) in [5, 5.41) is 23.3. The van der Waals surface area contributed by atoms with Gasteiger partial charge < -0.3 is 20.3 Å². The number of rotatable bonds is 68. The number of aliphatic hydroxyl groups excluding tert-OH is 2. The maximum Gasteiger partial charge on any atom is 0.305 e. The molecule has 0 fully saturated rings. The van der Waals surface area contributed by atoms with Crippen molar-refractivity contribution in [3.05, 3.63) is 0 Å². The topological polar surface area (TPSA) is 95.9 Å². The molecular formula is C71H141NO5. The van der Waals surface area contributed by atoms with E-state index in [1.807, 2.05) is 0 Å². The van der Waals surface area contributed by atoms with Crippen LogP contribution in [0.2, 0.25) is 0 Å². The Labute approximate surface area is 483 Å². The van der Waals surface area contributed by atoms with Crippen LogP contribution < -0.4 is 5.32 Å². The molecular weight excluding hydrogens is 947 g/mol. The zero-order valence-corrected chi connectivity index (χ0v) is 52.7. The first-order valence-electron chi connectivity index (χ1n) is 35.8. The second-order valence-electron chi connectivity index (χ2n) is 24.9. The highest BCUT2D eigenvalue weighted by Gasteiger charge is 2.20. The van der Waals surface area contributed by atoms with Gasteiger partial charge in [-0.2, -0.15) is 0 Å². The van der Waals surface area contributed by atoms with Gasteiger partial charge in [0.05, 0.1) is 25.4 Å². The lowest BCUT2D eigenvalue weighted by Crippen LogP contribution is -2.45. The fourth-order valence-electron chi connectivity index (χ4n) is 11.7. The third-order valence-electron chi connectivity index (χ3n) is 17.2. The molecule has 0 bridgehead atoms. The van der Waals surface area contributed by atoms with E-state index in [0.717, 1.165) is 38.5 Å². The number of esters is 1. The standard InChI is InChI=1S/C71H141NO5/c1-3-5-7-9-11-13-15-17-19-33-37-41-45-49-53-57-61-65-71(76)77-66-62-58-54-50-46-42-38-35-32-30-28-26-24-22-20-21-23-25-27-29-31-34-36-40-44-48-52-56-60-64-70(75)72-68(67-73)69(74)63-59-55-51-47-43-39-18-16-14-12-10-8-6-4-2/h68-69,73-74H,3-67H2,1-2H3,(H,72,75). The van der Waals surface area contributed by atoms with Gasteiger partial charge in [-0.25, -0.2) is 0 Å². The van der Waals surface area contributed by atoms with Crippen LogP contribution in [0.4, 0.5) is 0 Å². The number of carbonyl (C=O) groups excluding carboxylic acids is 2. The summed E-state index contributed by atoms with van der Waals surface area (Å²) in [5.41, 5.74) is 0. The van der Waals surface area contributed by atoms with Crippen molar-refractivity contribution in [1.82, 2.24) is 5.32 Å². The van der Waals surface area contributed by atoms with Crippen LogP contribution in [-0.4, -0.2) is 47.4 Å². The molecule has 6 heteroatoms. The van der Waals surface area contributed by atoms with E-state index in [9.17, 15) is 19.8 Å². The Morgan fingerprint density at radius 3 is 0.792 bits per heavy atom. The molecule has 6 nitrogen and oxygen atoms in total. The zero-order valence-electron chi connectivity index (χ0n) is 52.7. The SMILES string of the molecule is CCCCCCCCCCCCCCCCCCCC(=O)OCCCCCCCCCCCCCCCCCCCCCCCCCCCCCCCC(=O)NC(CO)C(O)CCCCCCCCCCCCCCCC. The average Bonchev–Trinajstić information content (AvgIpc) is 3.43. The van der Waals surface area contributed by atoms with Gasteiger partial charge in [0.2, 0.25) is 5.91 Å². The summed E-state index contributed by atoms with van der Waals surface area (Å²) in [6.45, 7) is 5.00. The molecule has 0 aromatic rings. The number of nitrogens with one attached hydrogen (secondary N) is 1. The van der Waals surface area contributed by atoms with E-state index >= 15 is 0 Å². The lowest BCUT2D eigenvalue weighted by Gasteiger charge is -2.22. The summed E-state index contributed by atoms with van der Waals surface area (Å²) in [5.74, 6) is -0.00331. The van der Waals surface area contributed by atoms with Crippen LogP contribution in [0.15, 0.2) is 0 Å². The first-order valence-corrected chi connectivity index (χ1v) is 35.8. The van der Waals surface area contributed by atoms with E-state index in [1.54, 1.807) is 0 Å². The molecule has 0 heterocycles. The number of unbranched alkanes of at least 4 members (excludes halogenated alkanes) is 57. The van der Waals surface area contributed by atoms with E-state index in [4.69, 9.17) is 4.74 Å². The number of carbonyl (C=O) groups is 2. The van der Waals surface area contributed by atoms with E-state index in [1.165, 1.54) is 347 Å². The number of amides is 1. The lowest BCUT2D eigenvalue weighted by atomic mass is 10.0. The highest BCUT2D eigenvalue weighted by Crippen LogP contribution is 2.20. The highest BCUT2D eigenvalue weighted by molar-refractivity contribution is 5.76. The smallest absolute Gasteiger partial charge is 0.305 e. The Bertz CT molecular complexity index is 1120. The minimum atomic E-state index is -0.660. The number of hydrogen-bond acceptors (Lipinski definition) is 5. The van der Waals surface area contributed by atoms with Gasteiger partial charge in [-0.15, -0.1) is 0 Å². The van der Waals surface area contributed by atoms with E-state index < -0.39 is 12.1 Å². The maximum atomic E-state index is 12.5. The van der Waals surface area contributed by atoms with Gasteiger partial charge in [-0.05, 0) is 25.7 Å². The first kappa shape index (κ1) is 75.9. The Hall–Kier alpha value is -1.14. The molecule has 77 heavy (non-hydrogen) atoms. The van der Waals surface area contributed by atoms with Gasteiger partial charge >= 0.3 is 5.97 Å². The van der Waals surface area contributed by atoms with Gasteiger partial charge in [0.25, 0.3) is 0 Å². The van der Waals surface area contributed by atoms with Crippen molar-refractivity contribution in [2.24, 2.45) is 0 Å². The van der Waals surface area contributed by atoms with Gasteiger partial charge in [0.15, 0.2) is 0 Å². The molecule has 1 amide bonds. The lowest BCUT2D eigenvalue weighted by molar-refractivity contribution is -0.143. The van der Waals surface area contributed by atoms with Crippen LogP contribution in [0.5, 0.6) is 0 Å². The molecule has 0 rings (SSSR count). The highest BCUT2D eigenvalue weighted by atomic mass is 16.5. The van der Waals surface area contributed by atoms with Crippen molar-refractivity contribution in [2.45, 2.75) is 431 Å². The molecule has 0 aliphatic carbocycles. The third-order valence-corrected chi connectivity index (χ3v) is 17.2. The largest absolute Gasteiger partial charge is 0.466 e. The predicted octanol–water partition coefficient (Wildman–Crippen LogP) is 23.0. The van der Waals surface area contributed by atoms with Crippen molar-refractivity contribution in [3.8, 4) is 0 Å². The number of ether oxygens (including phenoxy) is 1. The Balaban J connectivity index is 3.30. The quantitative estimate of drug-likeness (QED) is 0.0417. The van der Waals surface area contributed by atoms with Crippen molar-refractivity contribution in [2.75, 3.05) is 13.2 Å². The Kier molecular flexibility index (Phi) is 66.4. The molecule has 460 valence electrons. The van der Waals surface area contributed by atoms with Gasteiger partial charge in [-0.3, -0.25) is 9.59 Å². The van der Waals surface area contributed by atoms with Crippen LogP contribution in [0.25, 0.3) is 0 Å². The molecule has 0 saturated heterocycles. The van der Waals surface area contributed by atoms with E-state index in [-0.39, 0.29) is 18.5 Å². The van der Waals surface area contributed by atoms with E-state index in [0.29, 0.717) is 25.9 Å². The summed E-state index contributed by atoms with van der Waals surface area (Å²) in [6.07, 6.45) is 81.6. The minimum Gasteiger partial charge on any atom is -0.466 e. The Morgan fingerprint density at radius 1 is 0.312 bits per heavy atom. The maximum absolute atomic E-state index is 12.5. The van der Waals surface area contributed by atoms with Gasteiger partial charge in [0, 0.05) is 12.8 Å². The normalized spacial score (nSPS) is 12.4. The monoisotopic (exact) mass is 1090 g/mol. The second kappa shape index (κ2) is 67.4. The molecule has 2 atom stereocenters. The predicted molar refractivity (Wildman–Crippen MR) is 338 cm³/mol. The summed E-state index contributed by atoms with van der Waals surface area (Å²) in [7, 11) is 0.